The predicted octanol–water partition coefficient (Wildman–Crippen LogP) is 2.18. The van der Waals surface area contributed by atoms with Crippen LogP contribution in [0.15, 0.2) is 23.1 Å². The Balaban J connectivity index is 0.00000209. The van der Waals surface area contributed by atoms with E-state index in [0.29, 0.717) is 18.9 Å². The fourth-order valence-corrected chi connectivity index (χ4v) is 4.43. The van der Waals surface area contributed by atoms with Crippen LogP contribution in [0.4, 0.5) is 5.69 Å². The van der Waals surface area contributed by atoms with Gasteiger partial charge in [-0.15, -0.1) is 10.2 Å². The van der Waals surface area contributed by atoms with Crippen LogP contribution in [0, 0.1) is 15.6 Å². The molecule has 1 N–H and O–H groups in total. The molecule has 1 rings (SSSR count). The normalized spacial score (nSPS) is 11.5. The first-order chi connectivity index (χ1) is 16.5. The number of nitrogens with zero attached hydrogens (tertiary/aromatic N) is 2. The summed E-state index contributed by atoms with van der Waals surface area (Å²) in [5.41, 5.74) is 0.122. The highest BCUT2D eigenvalue weighted by atomic mass is 35.7. The van der Waals surface area contributed by atoms with Gasteiger partial charge in [0.05, 0.1) is 17.6 Å². The van der Waals surface area contributed by atoms with Gasteiger partial charge in [0.25, 0.3) is 0 Å². The van der Waals surface area contributed by atoms with E-state index in [0.717, 1.165) is 25.7 Å². The highest BCUT2D eigenvalue weighted by Crippen LogP contribution is 2.30. The second kappa shape index (κ2) is 19.6. The lowest BCUT2D eigenvalue weighted by Crippen LogP contribution is -2.68. The van der Waals surface area contributed by atoms with Crippen molar-refractivity contribution < 1.29 is 42.0 Å². The van der Waals surface area contributed by atoms with Gasteiger partial charge in [0.15, 0.2) is 4.98 Å². The molecule has 0 heterocycles. The second-order valence-corrected chi connectivity index (χ2v) is 10.8. The van der Waals surface area contributed by atoms with Crippen molar-refractivity contribution in [1.29, 1.82) is 5.39 Å². The highest BCUT2D eigenvalue weighted by molar-refractivity contribution is 7.89. The van der Waals surface area contributed by atoms with Crippen molar-refractivity contribution in [1.82, 2.24) is 4.72 Å². The Morgan fingerprint density at radius 3 is 1.80 bits per heavy atom. The lowest BCUT2D eigenvalue weighted by molar-refractivity contribution is -2.00. The number of diazo groups is 1. The number of unbranched alkanes of at least 4 members (excludes halogenated alkanes) is 11. The Morgan fingerprint density at radius 1 is 0.857 bits per heavy atom. The molecule has 0 spiro atoms. The minimum atomic E-state index is -4.94. The molecular weight excluding hydrogens is 498 g/mol. The predicted molar refractivity (Wildman–Crippen MR) is 123 cm³/mol. The quantitative estimate of drug-likeness (QED) is 0.219. The van der Waals surface area contributed by atoms with Crippen molar-refractivity contribution in [2.45, 2.75) is 102 Å². The van der Waals surface area contributed by atoms with E-state index in [1.807, 2.05) is 6.92 Å². The molecule has 0 radical (unpaired) electrons. The summed E-state index contributed by atoms with van der Waals surface area (Å²) in [5, 5.41) is 9.14. The average molecular weight is 538 g/mol. The lowest BCUT2D eigenvalue weighted by atomic mass is 10.1. The standard InChI is InChI=1S/C23H40N3O3S.ClHO4/c1-3-5-6-7-8-9-10-11-12-13-14-15-18-25-30(27,28)21-16-17-23(29-19-4-2)22(20-21)26-24;2-1(3,4)5/h16-17,20,25H,3-15,18-19H2,1-2H3;(H,2,3,4,5)/q+1;/p-1. The Morgan fingerprint density at radius 2 is 1.34 bits per heavy atom. The third-order valence-electron chi connectivity index (χ3n) is 5.13. The maximum atomic E-state index is 12.5. The van der Waals surface area contributed by atoms with Crippen LogP contribution in [0.5, 0.6) is 5.75 Å². The summed E-state index contributed by atoms with van der Waals surface area (Å²) in [6.07, 6.45) is 15.7. The number of nitrogens with one attached hydrogen (secondary N) is 1. The molecule has 0 saturated heterocycles. The Hall–Kier alpha value is -1.52. The molecule has 0 fully saturated rings. The second-order valence-electron chi connectivity index (χ2n) is 8.24. The molecule has 10 nitrogen and oxygen atoms in total. The van der Waals surface area contributed by atoms with Crippen LogP contribution in [0.2, 0.25) is 0 Å². The van der Waals surface area contributed by atoms with Crippen molar-refractivity contribution in [3.05, 3.63) is 23.2 Å². The first-order valence-electron chi connectivity index (χ1n) is 12.3. The van der Waals surface area contributed by atoms with E-state index in [2.05, 4.69) is 16.6 Å². The topological polar surface area (TPSA) is 176 Å². The van der Waals surface area contributed by atoms with Crippen molar-refractivity contribution in [3.8, 4) is 5.75 Å². The first kappa shape index (κ1) is 33.5. The molecule has 202 valence electrons. The monoisotopic (exact) mass is 537 g/mol. The molecule has 0 aromatic heterocycles. The zero-order valence-corrected chi connectivity index (χ0v) is 22.4. The molecule has 0 aliphatic rings. The van der Waals surface area contributed by atoms with E-state index >= 15 is 0 Å². The third-order valence-corrected chi connectivity index (χ3v) is 6.59. The highest BCUT2D eigenvalue weighted by Gasteiger charge is 2.22. The maximum absolute atomic E-state index is 12.5. The molecule has 0 bridgehead atoms. The number of rotatable bonds is 18. The van der Waals surface area contributed by atoms with Gasteiger partial charge < -0.3 is 4.74 Å². The SMILES string of the molecule is CCCCCCCCCCCCCCNS(=O)(=O)c1ccc(OCCC)c([N+]#N)c1.[O-][Cl+3]([O-])([O-])[O-]. The van der Waals surface area contributed by atoms with Gasteiger partial charge in [-0.3, -0.25) is 0 Å². The van der Waals surface area contributed by atoms with Crippen LogP contribution in [0.25, 0.3) is 4.98 Å². The summed E-state index contributed by atoms with van der Waals surface area (Å²) in [5.74, 6) is 0.374. The number of sulfonamides is 1. The van der Waals surface area contributed by atoms with E-state index in [-0.39, 0.29) is 10.6 Å². The maximum Gasteiger partial charge on any atom is 0.427 e. The Bertz CT molecular complexity index is 821. The Labute approximate surface area is 212 Å². The van der Waals surface area contributed by atoms with E-state index in [1.165, 1.54) is 76.0 Å². The smallest absolute Gasteiger partial charge is 0.427 e. The molecule has 1 aromatic carbocycles. The van der Waals surface area contributed by atoms with Crippen molar-refractivity contribution in [3.63, 3.8) is 0 Å². The van der Waals surface area contributed by atoms with E-state index < -0.39 is 20.3 Å². The van der Waals surface area contributed by atoms with Gasteiger partial charge in [-0.1, -0.05) is 84.5 Å². The van der Waals surface area contributed by atoms with Crippen molar-refractivity contribution >= 4 is 15.7 Å². The van der Waals surface area contributed by atoms with Crippen LogP contribution < -0.4 is 28.1 Å². The molecular formula is C23H40ClN3O7S. The molecule has 0 atom stereocenters. The minimum absolute atomic E-state index is 0.0816. The summed E-state index contributed by atoms with van der Waals surface area (Å²) >= 11 is 0. The number of benzene rings is 1. The van der Waals surface area contributed by atoms with E-state index in [1.54, 1.807) is 0 Å². The molecule has 12 heteroatoms. The summed E-state index contributed by atoms with van der Waals surface area (Å²) in [6.45, 7) is 5.11. The number of hydrogen-bond acceptors (Lipinski definition) is 8. The van der Waals surface area contributed by atoms with Gasteiger partial charge in [0.2, 0.25) is 21.2 Å². The van der Waals surface area contributed by atoms with Crippen LogP contribution in [-0.4, -0.2) is 21.6 Å². The third kappa shape index (κ3) is 19.4. The van der Waals surface area contributed by atoms with Crippen molar-refractivity contribution in [2.24, 2.45) is 0 Å². The van der Waals surface area contributed by atoms with Gasteiger partial charge in [-0.2, -0.15) is 0 Å². The molecule has 0 aliphatic heterocycles. The Kier molecular flexibility index (Phi) is 18.8. The molecule has 35 heavy (non-hydrogen) atoms. The summed E-state index contributed by atoms with van der Waals surface area (Å²) in [4.78, 5) is 3.23. The summed E-state index contributed by atoms with van der Waals surface area (Å²) in [7, 11) is -8.57. The number of halogens is 1. The fourth-order valence-electron chi connectivity index (χ4n) is 3.33. The van der Waals surface area contributed by atoms with E-state index in [4.69, 9.17) is 28.8 Å². The molecule has 0 unspecified atom stereocenters. The zero-order chi connectivity index (χ0) is 26.6. The minimum Gasteiger partial charge on any atom is -0.486 e. The lowest BCUT2D eigenvalue weighted by Gasteiger charge is -2.17. The van der Waals surface area contributed by atoms with Gasteiger partial charge in [0.1, 0.15) is 0 Å². The van der Waals surface area contributed by atoms with E-state index in [9.17, 15) is 8.42 Å². The van der Waals surface area contributed by atoms with Gasteiger partial charge in [-0.25, -0.2) is 31.8 Å². The summed E-state index contributed by atoms with van der Waals surface area (Å²) < 4.78 is 67.0. The van der Waals surface area contributed by atoms with Crippen LogP contribution >= 0.6 is 0 Å². The zero-order valence-electron chi connectivity index (χ0n) is 20.9. The molecule has 0 amide bonds. The largest absolute Gasteiger partial charge is 0.486 e. The molecule has 1 aromatic rings. The van der Waals surface area contributed by atoms with Gasteiger partial charge in [-0.05, 0) is 25.0 Å². The number of ether oxygens (including phenoxy) is 1. The van der Waals surface area contributed by atoms with Gasteiger partial charge >= 0.3 is 5.69 Å². The number of hydrogen-bond donors (Lipinski definition) is 1. The van der Waals surface area contributed by atoms with Crippen LogP contribution in [-0.2, 0) is 10.0 Å². The summed E-state index contributed by atoms with van der Waals surface area (Å²) in [6, 6.07) is 4.34. The van der Waals surface area contributed by atoms with Crippen molar-refractivity contribution in [2.75, 3.05) is 13.2 Å². The molecule has 0 saturated carbocycles. The average Bonchev–Trinajstić information content (AvgIpc) is 2.79. The fraction of sp³-hybridized carbons (Fsp3) is 0.739. The van der Waals surface area contributed by atoms with Gasteiger partial charge in [0, 0.05) is 6.54 Å². The molecule has 0 aliphatic carbocycles. The first-order valence-corrected chi connectivity index (χ1v) is 15.0. The van der Waals surface area contributed by atoms with Crippen LogP contribution in [0.1, 0.15) is 97.3 Å². The van der Waals surface area contributed by atoms with Crippen LogP contribution in [0.3, 0.4) is 0 Å².